The summed E-state index contributed by atoms with van der Waals surface area (Å²) in [5.74, 6) is 1.24. The van der Waals surface area contributed by atoms with Crippen LogP contribution in [-0.2, 0) is 0 Å². The molecule has 0 bridgehead atoms. The Morgan fingerprint density at radius 1 is 0.862 bits per heavy atom. The third kappa shape index (κ3) is 4.45. The quantitative estimate of drug-likeness (QED) is 0.723. The average Bonchev–Trinajstić information content (AvgIpc) is 2.80. The molecule has 7 nitrogen and oxygen atoms in total. The van der Waals surface area contributed by atoms with Crippen molar-refractivity contribution in [2.45, 2.75) is 0 Å². The second kappa shape index (κ2) is 8.60. The summed E-state index contributed by atoms with van der Waals surface area (Å²) in [5, 5.41) is 11.2. The number of para-hydroxylation sites is 1. The van der Waals surface area contributed by atoms with Crippen LogP contribution in [0.25, 0.3) is 0 Å². The summed E-state index contributed by atoms with van der Waals surface area (Å²) in [6.45, 7) is 3.57. The third-order valence-corrected chi connectivity index (χ3v) is 4.96. The molecule has 0 unspecified atom stereocenters. The van der Waals surface area contributed by atoms with E-state index < -0.39 is 0 Å². The number of methoxy groups -OCH3 is 1. The summed E-state index contributed by atoms with van der Waals surface area (Å²) in [6.07, 6.45) is 0. The molecule has 3 aromatic rings. The highest BCUT2D eigenvalue weighted by atomic mass is 16.5. The summed E-state index contributed by atoms with van der Waals surface area (Å²) in [5.41, 5.74) is 2.20. The summed E-state index contributed by atoms with van der Waals surface area (Å²) in [7, 11) is 1.60. The zero-order valence-electron chi connectivity index (χ0n) is 16.3. The minimum absolute atomic E-state index is 0.285. The van der Waals surface area contributed by atoms with E-state index in [-0.39, 0.29) is 11.6 Å². The Hall–Kier alpha value is -3.61. The molecule has 2 aromatic carbocycles. The predicted molar refractivity (Wildman–Crippen MR) is 114 cm³/mol. The van der Waals surface area contributed by atoms with Gasteiger partial charge in [-0.2, -0.15) is 0 Å². The number of nitrogens with zero attached hydrogens (tertiary/aromatic N) is 4. The van der Waals surface area contributed by atoms with Gasteiger partial charge in [-0.25, -0.2) is 0 Å². The molecule has 29 heavy (non-hydrogen) atoms. The molecule has 1 aromatic heterocycles. The zero-order valence-corrected chi connectivity index (χ0v) is 16.3. The van der Waals surface area contributed by atoms with Crippen LogP contribution < -0.4 is 19.9 Å². The van der Waals surface area contributed by atoms with Crippen molar-refractivity contribution in [2.24, 2.45) is 0 Å². The molecule has 1 saturated heterocycles. The maximum Gasteiger partial charge on any atom is 0.276 e. The van der Waals surface area contributed by atoms with Crippen molar-refractivity contribution in [3.63, 3.8) is 0 Å². The van der Waals surface area contributed by atoms with Gasteiger partial charge in [0.05, 0.1) is 7.11 Å². The molecule has 2 heterocycles. The monoisotopic (exact) mass is 389 g/mol. The van der Waals surface area contributed by atoms with Crippen LogP contribution in [0.1, 0.15) is 10.5 Å². The SMILES string of the molecule is COc1ccc(NC(=O)c2ccc(N3CCN(c4ccccc4)CC3)nn2)cc1. The van der Waals surface area contributed by atoms with Gasteiger partial charge in [0, 0.05) is 37.6 Å². The lowest BCUT2D eigenvalue weighted by molar-refractivity contribution is 0.102. The van der Waals surface area contributed by atoms with Crippen LogP contribution in [0.5, 0.6) is 5.75 Å². The summed E-state index contributed by atoms with van der Waals surface area (Å²) < 4.78 is 5.12. The number of aromatic nitrogens is 2. The van der Waals surface area contributed by atoms with E-state index in [4.69, 9.17) is 4.74 Å². The van der Waals surface area contributed by atoms with Crippen molar-refractivity contribution in [3.8, 4) is 5.75 Å². The molecule has 1 N–H and O–H groups in total. The molecule has 0 saturated carbocycles. The Labute approximate surface area is 169 Å². The first kappa shape index (κ1) is 18.7. The van der Waals surface area contributed by atoms with Crippen molar-refractivity contribution in [1.29, 1.82) is 0 Å². The third-order valence-electron chi connectivity index (χ3n) is 4.96. The summed E-state index contributed by atoms with van der Waals surface area (Å²) in [4.78, 5) is 16.9. The lowest BCUT2D eigenvalue weighted by Gasteiger charge is -2.36. The van der Waals surface area contributed by atoms with Crippen molar-refractivity contribution < 1.29 is 9.53 Å². The van der Waals surface area contributed by atoms with E-state index in [2.05, 4.69) is 49.6 Å². The number of carbonyl (C=O) groups is 1. The minimum Gasteiger partial charge on any atom is -0.497 e. The van der Waals surface area contributed by atoms with Crippen LogP contribution in [0.4, 0.5) is 17.2 Å². The van der Waals surface area contributed by atoms with Gasteiger partial charge >= 0.3 is 0 Å². The first-order valence-corrected chi connectivity index (χ1v) is 9.57. The van der Waals surface area contributed by atoms with Gasteiger partial charge in [-0.15, -0.1) is 10.2 Å². The van der Waals surface area contributed by atoms with Crippen molar-refractivity contribution in [1.82, 2.24) is 10.2 Å². The second-order valence-corrected chi connectivity index (χ2v) is 6.77. The van der Waals surface area contributed by atoms with E-state index in [1.807, 2.05) is 12.1 Å². The van der Waals surface area contributed by atoms with Crippen molar-refractivity contribution >= 4 is 23.1 Å². The molecule has 0 radical (unpaired) electrons. The maximum atomic E-state index is 12.4. The van der Waals surface area contributed by atoms with Crippen LogP contribution in [0.2, 0.25) is 0 Å². The number of hydrogen-bond donors (Lipinski definition) is 1. The first-order valence-electron chi connectivity index (χ1n) is 9.57. The standard InChI is InChI=1S/C22H23N5O2/c1-29-19-9-7-17(8-10-19)23-22(28)20-11-12-21(25-24-20)27-15-13-26(14-16-27)18-5-3-2-4-6-18/h2-12H,13-16H2,1H3,(H,23,28). The fourth-order valence-electron chi connectivity index (χ4n) is 3.32. The molecule has 1 aliphatic rings. The second-order valence-electron chi connectivity index (χ2n) is 6.77. The number of nitrogens with one attached hydrogen (secondary N) is 1. The highest BCUT2D eigenvalue weighted by molar-refractivity contribution is 6.02. The highest BCUT2D eigenvalue weighted by Crippen LogP contribution is 2.19. The molecule has 148 valence electrons. The minimum atomic E-state index is -0.289. The molecular formula is C22H23N5O2. The molecular weight excluding hydrogens is 366 g/mol. The number of ether oxygens (including phenoxy) is 1. The van der Waals surface area contributed by atoms with Crippen LogP contribution in [-0.4, -0.2) is 49.4 Å². The molecule has 0 spiro atoms. The van der Waals surface area contributed by atoms with Crippen LogP contribution in [0, 0.1) is 0 Å². The Morgan fingerprint density at radius 3 is 2.17 bits per heavy atom. The van der Waals surface area contributed by atoms with Gasteiger partial charge in [-0.1, -0.05) is 18.2 Å². The van der Waals surface area contributed by atoms with E-state index in [1.54, 1.807) is 37.4 Å². The number of anilines is 3. The van der Waals surface area contributed by atoms with Crippen molar-refractivity contribution in [2.75, 3.05) is 48.4 Å². The Morgan fingerprint density at radius 2 is 1.55 bits per heavy atom. The largest absolute Gasteiger partial charge is 0.497 e. The topological polar surface area (TPSA) is 70.6 Å². The maximum absolute atomic E-state index is 12.4. The van der Waals surface area contributed by atoms with Gasteiger partial charge in [0.2, 0.25) is 0 Å². The molecule has 0 aliphatic carbocycles. The lowest BCUT2D eigenvalue weighted by Crippen LogP contribution is -2.46. The van der Waals surface area contributed by atoms with Gasteiger partial charge in [-0.05, 0) is 48.5 Å². The Bertz CT molecular complexity index is 937. The van der Waals surface area contributed by atoms with E-state index in [9.17, 15) is 4.79 Å². The number of hydrogen-bond acceptors (Lipinski definition) is 6. The molecule has 7 heteroatoms. The first-order chi connectivity index (χ1) is 14.2. The normalized spacial score (nSPS) is 13.8. The summed E-state index contributed by atoms with van der Waals surface area (Å²) in [6, 6.07) is 21.1. The zero-order chi connectivity index (χ0) is 20.1. The molecule has 1 aliphatic heterocycles. The fourth-order valence-corrected chi connectivity index (χ4v) is 3.32. The van der Waals surface area contributed by atoms with Gasteiger partial charge in [0.25, 0.3) is 5.91 Å². The van der Waals surface area contributed by atoms with E-state index in [1.165, 1.54) is 5.69 Å². The van der Waals surface area contributed by atoms with Crippen LogP contribution in [0.15, 0.2) is 66.7 Å². The Kier molecular flexibility index (Phi) is 5.56. The lowest BCUT2D eigenvalue weighted by atomic mass is 10.2. The number of carbonyl (C=O) groups excluding carboxylic acids is 1. The van der Waals surface area contributed by atoms with Gasteiger partial charge in [0.15, 0.2) is 11.5 Å². The van der Waals surface area contributed by atoms with Crippen molar-refractivity contribution in [3.05, 3.63) is 72.4 Å². The van der Waals surface area contributed by atoms with Crippen LogP contribution >= 0.6 is 0 Å². The molecule has 1 fully saturated rings. The molecule has 1 amide bonds. The van der Waals surface area contributed by atoms with E-state index >= 15 is 0 Å². The van der Waals surface area contributed by atoms with E-state index in [0.29, 0.717) is 5.69 Å². The fraction of sp³-hybridized carbons (Fsp3) is 0.227. The number of benzene rings is 2. The number of amides is 1. The van der Waals surface area contributed by atoms with Gasteiger partial charge < -0.3 is 19.9 Å². The van der Waals surface area contributed by atoms with E-state index in [0.717, 1.165) is 37.7 Å². The van der Waals surface area contributed by atoms with Gasteiger partial charge in [-0.3, -0.25) is 4.79 Å². The number of piperazine rings is 1. The van der Waals surface area contributed by atoms with Gasteiger partial charge in [0.1, 0.15) is 5.75 Å². The Balaban J connectivity index is 1.34. The van der Waals surface area contributed by atoms with Crippen LogP contribution in [0.3, 0.4) is 0 Å². The smallest absolute Gasteiger partial charge is 0.276 e. The summed E-state index contributed by atoms with van der Waals surface area (Å²) >= 11 is 0. The highest BCUT2D eigenvalue weighted by Gasteiger charge is 2.19. The predicted octanol–water partition coefficient (Wildman–Crippen LogP) is 3.06. The molecule has 4 rings (SSSR count). The average molecular weight is 389 g/mol. The molecule has 0 atom stereocenters. The number of rotatable bonds is 5.